The molecule has 0 radical (unpaired) electrons. The van der Waals surface area contributed by atoms with Gasteiger partial charge in [0.15, 0.2) is 0 Å². The van der Waals surface area contributed by atoms with E-state index < -0.39 is 16.0 Å². The van der Waals surface area contributed by atoms with E-state index in [2.05, 4.69) is 10.6 Å². The van der Waals surface area contributed by atoms with Gasteiger partial charge < -0.3 is 5.11 Å². The number of nitrogens with one attached hydrogen (secondary N) is 1. The molecule has 0 atom stereocenters. The second-order valence-corrected chi connectivity index (χ2v) is 5.65. The second-order valence-electron chi connectivity index (χ2n) is 2.61. The van der Waals surface area contributed by atoms with E-state index in [1.165, 1.54) is 11.8 Å². The molecule has 0 heterocycles. The van der Waals surface area contributed by atoms with Gasteiger partial charge in [0.2, 0.25) is 10.0 Å². The summed E-state index contributed by atoms with van der Waals surface area (Å²) in [7, 11) is -3.46. The molecule has 0 aromatic carbocycles. The van der Waals surface area contributed by atoms with Crippen molar-refractivity contribution in [1.82, 2.24) is 4.72 Å². The molecule has 15 heavy (non-hydrogen) atoms. The third kappa shape index (κ3) is 9.59. The van der Waals surface area contributed by atoms with Gasteiger partial charge in [0.05, 0.1) is 17.9 Å². The van der Waals surface area contributed by atoms with Crippen molar-refractivity contribution >= 4 is 27.8 Å². The number of sulfonamides is 1. The zero-order valence-corrected chi connectivity index (χ0v) is 9.73. The topological polar surface area (TPSA) is 83.5 Å². The molecule has 0 aliphatic heterocycles. The predicted octanol–water partition coefficient (Wildman–Crippen LogP) is -0.253. The number of terminal acetylenes is 1. The fourth-order valence-corrected chi connectivity index (χ4v) is 2.33. The average Bonchev–Trinajstić information content (AvgIpc) is 2.15. The summed E-state index contributed by atoms with van der Waals surface area (Å²) in [6.07, 6.45) is 4.62. The lowest BCUT2D eigenvalue weighted by molar-refractivity contribution is -0.136. The molecular formula is C8H13NO4S2. The SMILES string of the molecule is C#CCSCCNS(=O)(=O)CCC(=O)O. The van der Waals surface area contributed by atoms with Gasteiger partial charge in [0.25, 0.3) is 0 Å². The minimum Gasteiger partial charge on any atom is -0.481 e. The lowest BCUT2D eigenvalue weighted by Gasteiger charge is -2.04. The maximum atomic E-state index is 11.1. The normalized spacial score (nSPS) is 10.9. The number of rotatable bonds is 8. The highest BCUT2D eigenvalue weighted by molar-refractivity contribution is 7.99. The summed E-state index contributed by atoms with van der Waals surface area (Å²) in [5, 5.41) is 8.30. The van der Waals surface area contributed by atoms with Crippen LogP contribution in [0.2, 0.25) is 0 Å². The van der Waals surface area contributed by atoms with Crippen molar-refractivity contribution in [2.75, 3.05) is 23.8 Å². The molecule has 0 unspecified atom stereocenters. The summed E-state index contributed by atoms with van der Waals surface area (Å²) in [6, 6.07) is 0. The molecule has 0 aromatic heterocycles. The first kappa shape index (κ1) is 14.3. The molecule has 0 aliphatic carbocycles. The Morgan fingerprint density at radius 1 is 1.53 bits per heavy atom. The van der Waals surface area contributed by atoms with Gasteiger partial charge in [0, 0.05) is 12.3 Å². The number of carbonyl (C=O) groups is 1. The minimum atomic E-state index is -3.46. The van der Waals surface area contributed by atoms with Gasteiger partial charge in [-0.2, -0.15) is 0 Å². The Morgan fingerprint density at radius 2 is 2.20 bits per heavy atom. The molecule has 0 spiro atoms. The highest BCUT2D eigenvalue weighted by atomic mass is 32.2. The number of hydrogen-bond acceptors (Lipinski definition) is 4. The van der Waals surface area contributed by atoms with Crippen LogP contribution in [0.3, 0.4) is 0 Å². The zero-order valence-electron chi connectivity index (χ0n) is 8.10. The highest BCUT2D eigenvalue weighted by Gasteiger charge is 2.11. The Hall–Kier alpha value is -0.710. The van der Waals surface area contributed by atoms with Gasteiger partial charge in [-0.3, -0.25) is 4.79 Å². The van der Waals surface area contributed by atoms with Crippen LogP contribution in [0.15, 0.2) is 0 Å². The first-order valence-electron chi connectivity index (χ1n) is 4.18. The molecule has 0 rings (SSSR count). The van der Waals surface area contributed by atoms with E-state index in [4.69, 9.17) is 11.5 Å². The first-order chi connectivity index (χ1) is 6.98. The van der Waals surface area contributed by atoms with Crippen LogP contribution in [0.5, 0.6) is 0 Å². The fourth-order valence-electron chi connectivity index (χ4n) is 0.694. The van der Waals surface area contributed by atoms with Crippen LogP contribution in [-0.2, 0) is 14.8 Å². The van der Waals surface area contributed by atoms with Gasteiger partial charge >= 0.3 is 5.97 Å². The van der Waals surface area contributed by atoms with Crippen molar-refractivity contribution in [3.8, 4) is 12.3 Å². The molecule has 0 bridgehead atoms. The molecule has 0 aromatic rings. The van der Waals surface area contributed by atoms with E-state index in [9.17, 15) is 13.2 Å². The zero-order chi connectivity index (χ0) is 11.7. The first-order valence-corrected chi connectivity index (χ1v) is 6.99. The molecule has 5 nitrogen and oxygen atoms in total. The van der Waals surface area contributed by atoms with Gasteiger partial charge in [-0.25, -0.2) is 13.1 Å². The Bertz CT molecular complexity index is 331. The molecule has 0 aliphatic rings. The number of aliphatic carboxylic acids is 1. The quantitative estimate of drug-likeness (QED) is 0.459. The van der Waals surface area contributed by atoms with Crippen LogP contribution in [-0.4, -0.2) is 43.3 Å². The summed E-state index contributed by atoms with van der Waals surface area (Å²) < 4.78 is 24.6. The van der Waals surface area contributed by atoms with Crippen molar-refractivity contribution in [3.63, 3.8) is 0 Å². The van der Waals surface area contributed by atoms with Crippen molar-refractivity contribution in [2.45, 2.75) is 6.42 Å². The molecule has 7 heteroatoms. The van der Waals surface area contributed by atoms with E-state index in [1.807, 2.05) is 0 Å². The summed E-state index contributed by atoms with van der Waals surface area (Å²) in [5.41, 5.74) is 0. The second kappa shape index (κ2) is 7.56. The van der Waals surface area contributed by atoms with E-state index in [0.29, 0.717) is 11.5 Å². The smallest absolute Gasteiger partial charge is 0.304 e. The van der Waals surface area contributed by atoms with Crippen molar-refractivity contribution in [2.24, 2.45) is 0 Å². The Balaban J connectivity index is 3.66. The minimum absolute atomic E-state index is 0.272. The van der Waals surface area contributed by atoms with Crippen molar-refractivity contribution < 1.29 is 18.3 Å². The lowest BCUT2D eigenvalue weighted by Crippen LogP contribution is -2.29. The number of carboxylic acid groups (broad SMARTS) is 1. The number of hydrogen-bond donors (Lipinski definition) is 2. The van der Waals surface area contributed by atoms with Crippen LogP contribution >= 0.6 is 11.8 Å². The van der Waals surface area contributed by atoms with Crippen LogP contribution in [0.4, 0.5) is 0 Å². The van der Waals surface area contributed by atoms with Gasteiger partial charge in [-0.05, 0) is 0 Å². The monoisotopic (exact) mass is 251 g/mol. The van der Waals surface area contributed by atoms with E-state index in [1.54, 1.807) is 0 Å². The molecule has 0 saturated heterocycles. The van der Waals surface area contributed by atoms with E-state index in [0.717, 1.165) is 0 Å². The van der Waals surface area contributed by atoms with Gasteiger partial charge in [-0.1, -0.05) is 5.92 Å². The molecule has 0 amide bonds. The summed E-state index contributed by atoms with van der Waals surface area (Å²) >= 11 is 1.44. The molecular weight excluding hydrogens is 238 g/mol. The van der Waals surface area contributed by atoms with Gasteiger partial charge in [0.1, 0.15) is 0 Å². The van der Waals surface area contributed by atoms with E-state index in [-0.39, 0.29) is 18.7 Å². The fraction of sp³-hybridized carbons (Fsp3) is 0.625. The number of thioether (sulfide) groups is 1. The van der Waals surface area contributed by atoms with Crippen LogP contribution in [0, 0.1) is 12.3 Å². The molecule has 0 saturated carbocycles. The van der Waals surface area contributed by atoms with Crippen LogP contribution in [0.1, 0.15) is 6.42 Å². The summed E-state index contributed by atoms with van der Waals surface area (Å²) in [5.74, 6) is 2.02. The Morgan fingerprint density at radius 3 is 2.73 bits per heavy atom. The third-order valence-electron chi connectivity index (χ3n) is 1.34. The Labute approximate surface area is 93.7 Å². The van der Waals surface area contributed by atoms with Crippen LogP contribution < -0.4 is 4.72 Å². The number of carboxylic acids is 1. The Kier molecular flexibility index (Phi) is 7.21. The molecule has 0 fully saturated rings. The standard InChI is InChI=1S/C8H13NO4S2/c1-2-5-14-6-4-9-15(12,13)7-3-8(10)11/h1,9H,3-7H2,(H,10,11). The van der Waals surface area contributed by atoms with E-state index >= 15 is 0 Å². The van der Waals surface area contributed by atoms with Gasteiger partial charge in [-0.15, -0.1) is 18.2 Å². The lowest BCUT2D eigenvalue weighted by atomic mass is 10.5. The molecule has 86 valence electrons. The highest BCUT2D eigenvalue weighted by Crippen LogP contribution is 1.97. The summed E-state index contributed by atoms with van der Waals surface area (Å²) in [6.45, 7) is 0.272. The summed E-state index contributed by atoms with van der Waals surface area (Å²) in [4.78, 5) is 10.1. The third-order valence-corrected chi connectivity index (χ3v) is 3.59. The molecule has 2 N–H and O–H groups in total. The maximum absolute atomic E-state index is 11.1. The average molecular weight is 251 g/mol. The predicted molar refractivity (Wildman–Crippen MR) is 60.2 cm³/mol. The van der Waals surface area contributed by atoms with Crippen molar-refractivity contribution in [1.29, 1.82) is 0 Å². The van der Waals surface area contributed by atoms with Crippen molar-refractivity contribution in [3.05, 3.63) is 0 Å². The maximum Gasteiger partial charge on any atom is 0.304 e. The van der Waals surface area contributed by atoms with Crippen LogP contribution in [0.25, 0.3) is 0 Å². The largest absolute Gasteiger partial charge is 0.481 e.